The van der Waals surface area contributed by atoms with Gasteiger partial charge in [0.25, 0.3) is 0 Å². The van der Waals surface area contributed by atoms with Crippen LogP contribution in [0.1, 0.15) is 0 Å². The Morgan fingerprint density at radius 1 is 0.360 bits per heavy atom. The first kappa shape index (κ1) is 27.5. The third-order valence-electron chi connectivity index (χ3n) is 10.1. The normalized spacial score (nSPS) is 12.0. The van der Waals surface area contributed by atoms with Gasteiger partial charge in [-0.05, 0) is 72.8 Å². The summed E-state index contributed by atoms with van der Waals surface area (Å²) in [7, 11) is 0. The Kier molecular flexibility index (Phi) is 5.80. The summed E-state index contributed by atoms with van der Waals surface area (Å²) in [5, 5.41) is 9.60. The van der Waals surface area contributed by atoms with Crippen molar-refractivity contribution in [3.05, 3.63) is 170 Å². The molecule has 0 unspecified atom stereocenters. The molecule has 50 heavy (non-hydrogen) atoms. The molecular formula is C45H28N4S. The molecule has 0 saturated heterocycles. The minimum Gasteiger partial charge on any atom is -0.309 e. The van der Waals surface area contributed by atoms with Crippen molar-refractivity contribution >= 4 is 76.8 Å². The maximum atomic E-state index is 4.99. The van der Waals surface area contributed by atoms with Crippen molar-refractivity contribution in [1.82, 2.24) is 18.7 Å². The van der Waals surface area contributed by atoms with Gasteiger partial charge < -0.3 is 9.13 Å². The molecule has 0 aliphatic heterocycles. The van der Waals surface area contributed by atoms with Crippen LogP contribution in [0.3, 0.4) is 0 Å². The van der Waals surface area contributed by atoms with Gasteiger partial charge in [0.2, 0.25) is 0 Å². The molecule has 0 fully saturated rings. The Morgan fingerprint density at radius 2 is 0.780 bits per heavy atom. The Morgan fingerprint density at radius 3 is 1.34 bits per heavy atom. The van der Waals surface area contributed by atoms with Crippen LogP contribution in [0.15, 0.2) is 170 Å². The lowest BCUT2D eigenvalue weighted by Crippen LogP contribution is -1.93. The van der Waals surface area contributed by atoms with E-state index < -0.39 is 0 Å². The lowest BCUT2D eigenvalue weighted by Gasteiger charge is -2.08. The van der Waals surface area contributed by atoms with E-state index in [9.17, 15) is 0 Å². The summed E-state index contributed by atoms with van der Waals surface area (Å²) in [5.41, 5.74) is 10.6. The molecule has 11 aromatic rings. The number of hydrogen-bond acceptors (Lipinski definition) is 2. The number of para-hydroxylation sites is 5. The molecule has 4 aromatic heterocycles. The molecule has 0 aliphatic carbocycles. The van der Waals surface area contributed by atoms with Crippen molar-refractivity contribution in [2.75, 3.05) is 0 Å². The summed E-state index contributed by atoms with van der Waals surface area (Å²) in [5.74, 6) is 0. The van der Waals surface area contributed by atoms with Crippen LogP contribution in [0.4, 0.5) is 0 Å². The average molecular weight is 657 g/mol. The molecule has 0 amide bonds. The smallest absolute Gasteiger partial charge is 0.125 e. The van der Waals surface area contributed by atoms with Crippen LogP contribution >= 0.6 is 11.3 Å². The van der Waals surface area contributed by atoms with E-state index in [1.807, 2.05) is 6.20 Å². The van der Waals surface area contributed by atoms with Crippen LogP contribution in [0.25, 0.3) is 92.4 Å². The van der Waals surface area contributed by atoms with Gasteiger partial charge in [-0.15, -0.1) is 0 Å². The highest BCUT2D eigenvalue weighted by atomic mass is 32.1. The number of aromatic nitrogens is 4. The Bertz CT molecular complexity index is 3030. The van der Waals surface area contributed by atoms with Gasteiger partial charge in [0.15, 0.2) is 0 Å². The molecule has 11 rings (SSSR count). The van der Waals surface area contributed by atoms with Crippen molar-refractivity contribution in [2.24, 2.45) is 0 Å². The Labute approximate surface area is 291 Å². The number of rotatable bonds is 4. The van der Waals surface area contributed by atoms with E-state index in [1.165, 1.54) is 65.4 Å². The third-order valence-corrected chi connectivity index (χ3v) is 11.2. The van der Waals surface area contributed by atoms with Crippen molar-refractivity contribution in [3.63, 3.8) is 0 Å². The number of nitrogens with zero attached hydrogens (tertiary/aromatic N) is 4. The molecule has 234 valence electrons. The first-order valence-corrected chi connectivity index (χ1v) is 17.7. The second-order valence-electron chi connectivity index (χ2n) is 12.8. The first-order chi connectivity index (χ1) is 24.8. The van der Waals surface area contributed by atoms with Crippen molar-refractivity contribution in [3.8, 4) is 26.9 Å². The minimum absolute atomic E-state index is 1.00. The van der Waals surface area contributed by atoms with Crippen molar-refractivity contribution in [2.45, 2.75) is 0 Å². The molecule has 0 N–H and O–H groups in total. The number of fused-ring (bicyclic) bond motifs is 9. The summed E-state index contributed by atoms with van der Waals surface area (Å²) in [6, 6.07) is 59.0. The monoisotopic (exact) mass is 656 g/mol. The van der Waals surface area contributed by atoms with Crippen LogP contribution in [0, 0.1) is 0 Å². The average Bonchev–Trinajstić information content (AvgIpc) is 3.94. The quantitative estimate of drug-likeness (QED) is 0.185. The largest absolute Gasteiger partial charge is 0.309 e. The van der Waals surface area contributed by atoms with Gasteiger partial charge in [-0.2, -0.15) is 0 Å². The highest BCUT2D eigenvalue weighted by Gasteiger charge is 2.20. The zero-order chi connectivity index (χ0) is 32.8. The fourth-order valence-corrected chi connectivity index (χ4v) is 8.93. The van der Waals surface area contributed by atoms with E-state index in [1.54, 1.807) is 11.3 Å². The number of thiazole rings is 1. The van der Waals surface area contributed by atoms with Gasteiger partial charge >= 0.3 is 0 Å². The van der Waals surface area contributed by atoms with E-state index in [4.69, 9.17) is 4.98 Å². The molecule has 0 radical (unpaired) electrons. The van der Waals surface area contributed by atoms with Crippen LogP contribution in [-0.2, 0) is 0 Å². The van der Waals surface area contributed by atoms with Gasteiger partial charge in [-0.1, -0.05) is 102 Å². The van der Waals surface area contributed by atoms with Gasteiger partial charge in [0.05, 0.1) is 39.3 Å². The summed E-state index contributed by atoms with van der Waals surface area (Å²) >= 11 is 1.73. The summed E-state index contributed by atoms with van der Waals surface area (Å²) < 4.78 is 7.14. The minimum atomic E-state index is 1.00. The zero-order valence-electron chi connectivity index (χ0n) is 26.9. The van der Waals surface area contributed by atoms with Gasteiger partial charge in [0.1, 0.15) is 10.0 Å². The number of benzene rings is 7. The highest BCUT2D eigenvalue weighted by Crippen LogP contribution is 2.41. The fourth-order valence-electron chi connectivity index (χ4n) is 7.98. The van der Waals surface area contributed by atoms with Crippen LogP contribution in [-0.4, -0.2) is 18.7 Å². The predicted molar refractivity (Wildman–Crippen MR) is 211 cm³/mol. The molecule has 7 aromatic carbocycles. The molecule has 0 aliphatic rings. The molecule has 0 saturated carbocycles. The van der Waals surface area contributed by atoms with E-state index >= 15 is 0 Å². The van der Waals surface area contributed by atoms with Crippen LogP contribution < -0.4 is 0 Å². The van der Waals surface area contributed by atoms with E-state index in [2.05, 4.69) is 177 Å². The lowest BCUT2D eigenvalue weighted by molar-refractivity contribution is 1.18. The first-order valence-electron chi connectivity index (χ1n) is 16.9. The fraction of sp³-hybridized carbons (Fsp3) is 0. The lowest BCUT2D eigenvalue weighted by atomic mass is 10.1. The van der Waals surface area contributed by atoms with Gasteiger partial charge in [0, 0.05) is 49.3 Å². The van der Waals surface area contributed by atoms with E-state index in [0.717, 1.165) is 26.9 Å². The van der Waals surface area contributed by atoms with Crippen LogP contribution in [0.5, 0.6) is 0 Å². The Balaban J connectivity index is 1.07. The predicted octanol–water partition coefficient (Wildman–Crippen LogP) is 12.1. The van der Waals surface area contributed by atoms with Gasteiger partial charge in [-0.25, -0.2) is 4.98 Å². The topological polar surface area (TPSA) is 27.7 Å². The molecule has 4 nitrogen and oxygen atoms in total. The van der Waals surface area contributed by atoms with E-state index in [0.29, 0.717) is 0 Å². The molecule has 0 atom stereocenters. The molecule has 0 spiro atoms. The maximum absolute atomic E-state index is 4.99. The van der Waals surface area contributed by atoms with E-state index in [-0.39, 0.29) is 0 Å². The van der Waals surface area contributed by atoms with Crippen LogP contribution in [0.2, 0.25) is 0 Å². The SMILES string of the molecule is c1ccc(-n2c3ccccc3c3cc4c(cc32)c2ccccc2n4-c2cnc(-c3ccc(-n4c5ccccc5c5ccccc54)cc3)s2)cc1. The second-order valence-corrected chi connectivity index (χ2v) is 13.9. The molecule has 0 bridgehead atoms. The summed E-state index contributed by atoms with van der Waals surface area (Å²) in [6.07, 6.45) is 2.03. The highest BCUT2D eigenvalue weighted by molar-refractivity contribution is 7.17. The molecular weight excluding hydrogens is 629 g/mol. The summed E-state index contributed by atoms with van der Waals surface area (Å²) in [4.78, 5) is 4.99. The maximum Gasteiger partial charge on any atom is 0.125 e. The Hall–Kier alpha value is -6.43. The number of hydrogen-bond donors (Lipinski definition) is 0. The third kappa shape index (κ3) is 3.89. The second kappa shape index (κ2) is 10.5. The summed E-state index contributed by atoms with van der Waals surface area (Å²) in [6.45, 7) is 0. The zero-order valence-corrected chi connectivity index (χ0v) is 27.7. The van der Waals surface area contributed by atoms with Gasteiger partial charge in [-0.3, -0.25) is 4.57 Å². The van der Waals surface area contributed by atoms with Crippen molar-refractivity contribution in [1.29, 1.82) is 0 Å². The standard InChI is InChI=1S/C45H28N4S/c1-2-12-30(13-3-1)48-40-20-10-6-16-34(40)36-27-43-37(26-42(36)48)35-17-7-11-21-41(35)49(43)44-28-46-45(50-44)29-22-24-31(25-23-29)47-38-18-8-4-14-32(38)33-15-5-9-19-39(33)47/h1-28H. The molecule has 5 heteroatoms. The molecule has 4 heterocycles. The van der Waals surface area contributed by atoms with Crippen molar-refractivity contribution < 1.29 is 0 Å².